The maximum absolute atomic E-state index is 3.30. The molecule has 12 heavy (non-hydrogen) atoms. The highest BCUT2D eigenvalue weighted by molar-refractivity contribution is 4.73. The molecule has 0 aromatic rings. The quantitative estimate of drug-likeness (QED) is 0.626. The highest BCUT2D eigenvalue weighted by Crippen LogP contribution is 2.13. The first kappa shape index (κ1) is 12.0. The second-order valence-electron chi connectivity index (χ2n) is 3.37. The van der Waals surface area contributed by atoms with Crippen LogP contribution in [-0.4, -0.2) is 13.1 Å². The van der Waals surface area contributed by atoms with Gasteiger partial charge in [0.2, 0.25) is 0 Å². The van der Waals surface area contributed by atoms with Gasteiger partial charge in [-0.1, -0.05) is 46.5 Å². The molecule has 1 heteroatoms. The highest BCUT2D eigenvalue weighted by atomic mass is 14.9. The first-order valence-electron chi connectivity index (χ1n) is 5.64. The Morgan fingerprint density at radius 2 is 1.75 bits per heavy atom. The van der Waals surface area contributed by atoms with Crippen LogP contribution in [0.4, 0.5) is 0 Å². The molecule has 0 bridgehead atoms. The summed E-state index contributed by atoms with van der Waals surface area (Å²) in [6.07, 6.45) is 7.17. The van der Waals surface area contributed by atoms with E-state index in [4.69, 9.17) is 0 Å². The summed E-state index contributed by atoms with van der Waals surface area (Å²) in [5.74, 6) is 1.02. The molecular weight excluding hydrogens is 146 g/mol. The fourth-order valence-corrected chi connectivity index (χ4v) is 1.41. The third kappa shape index (κ3) is 5.59. The molecule has 0 aromatic heterocycles. The van der Waals surface area contributed by atoms with Crippen LogP contribution in [0.15, 0.2) is 0 Å². The van der Waals surface area contributed by atoms with E-state index >= 15 is 0 Å². The van der Waals surface area contributed by atoms with Crippen molar-refractivity contribution >= 4 is 0 Å². The van der Waals surface area contributed by atoms with Crippen molar-refractivity contribution in [3.05, 3.63) is 0 Å². The zero-order valence-corrected chi connectivity index (χ0v) is 9.03. The Labute approximate surface area is 77.9 Å². The van der Waals surface area contributed by atoms with E-state index in [-0.39, 0.29) is 0 Å². The molecular formula is C11H25N. The van der Waals surface area contributed by atoms with Gasteiger partial charge in [0, 0.05) is 0 Å². The third-order valence-corrected chi connectivity index (χ3v) is 2.33. The average Bonchev–Trinajstić information content (AvgIpc) is 2.05. The average molecular weight is 171 g/mol. The Morgan fingerprint density at radius 1 is 1.08 bits per heavy atom. The first-order valence-corrected chi connectivity index (χ1v) is 5.64. The first-order chi connectivity index (χ1) is 5.93. The molecule has 0 amide bonds. The van der Waals surface area contributed by atoms with Crippen molar-refractivity contribution in [2.24, 2.45) is 5.92 Å². The van der Waals surface area contributed by atoms with E-state index in [1.165, 1.54) is 45.2 Å². The molecule has 1 heterocycles. The summed E-state index contributed by atoms with van der Waals surface area (Å²) in [4.78, 5) is 0. The van der Waals surface area contributed by atoms with Gasteiger partial charge in [0.15, 0.2) is 0 Å². The Morgan fingerprint density at radius 3 is 2.17 bits per heavy atom. The molecule has 1 N–H and O–H groups in total. The van der Waals surface area contributed by atoms with Gasteiger partial charge in [-0.05, 0) is 25.4 Å². The third-order valence-electron chi connectivity index (χ3n) is 2.33. The number of rotatable bonds is 5. The molecule has 0 aromatic carbocycles. The molecule has 0 saturated carbocycles. The fourth-order valence-electron chi connectivity index (χ4n) is 1.41. The van der Waals surface area contributed by atoms with Gasteiger partial charge in [-0.2, -0.15) is 0 Å². The van der Waals surface area contributed by atoms with Crippen LogP contribution in [0.2, 0.25) is 0 Å². The minimum Gasteiger partial charge on any atom is -0.316 e. The predicted molar refractivity (Wildman–Crippen MR) is 56.5 cm³/mol. The van der Waals surface area contributed by atoms with Gasteiger partial charge in [0.1, 0.15) is 0 Å². The van der Waals surface area contributed by atoms with Gasteiger partial charge in [-0.3, -0.25) is 0 Å². The molecule has 1 aliphatic rings. The Balaban J connectivity index is 0.000000561. The van der Waals surface area contributed by atoms with Gasteiger partial charge in [0.05, 0.1) is 0 Å². The predicted octanol–water partition coefficient (Wildman–Crippen LogP) is 3.20. The van der Waals surface area contributed by atoms with E-state index in [2.05, 4.69) is 12.2 Å². The molecule has 0 spiro atoms. The molecule has 0 aliphatic carbocycles. The lowest BCUT2D eigenvalue weighted by Crippen LogP contribution is -2.41. The van der Waals surface area contributed by atoms with E-state index in [9.17, 15) is 0 Å². The van der Waals surface area contributed by atoms with E-state index in [0.29, 0.717) is 0 Å². The second-order valence-corrected chi connectivity index (χ2v) is 3.37. The van der Waals surface area contributed by atoms with Crippen LogP contribution in [0, 0.1) is 5.92 Å². The molecule has 1 nitrogen and oxygen atoms in total. The van der Waals surface area contributed by atoms with Crippen LogP contribution in [0.3, 0.4) is 0 Å². The maximum atomic E-state index is 3.30. The second kappa shape index (κ2) is 9.05. The number of hydrogen-bond acceptors (Lipinski definition) is 1. The minimum absolute atomic E-state index is 1.02. The normalized spacial score (nSPS) is 16.2. The topological polar surface area (TPSA) is 12.0 Å². The zero-order chi connectivity index (χ0) is 9.23. The summed E-state index contributed by atoms with van der Waals surface area (Å²) in [6, 6.07) is 0. The van der Waals surface area contributed by atoms with Crippen molar-refractivity contribution in [2.75, 3.05) is 13.1 Å². The van der Waals surface area contributed by atoms with Crippen LogP contribution in [0.5, 0.6) is 0 Å². The lowest BCUT2D eigenvalue weighted by Gasteiger charge is -2.26. The molecule has 0 unspecified atom stereocenters. The van der Waals surface area contributed by atoms with Gasteiger partial charge in [-0.25, -0.2) is 0 Å². The summed E-state index contributed by atoms with van der Waals surface area (Å²) in [5, 5.41) is 3.30. The van der Waals surface area contributed by atoms with Crippen molar-refractivity contribution in [1.29, 1.82) is 0 Å². The van der Waals surface area contributed by atoms with Crippen molar-refractivity contribution in [3.63, 3.8) is 0 Å². The van der Waals surface area contributed by atoms with Crippen LogP contribution >= 0.6 is 0 Å². The van der Waals surface area contributed by atoms with E-state index < -0.39 is 0 Å². The largest absolute Gasteiger partial charge is 0.316 e. The van der Waals surface area contributed by atoms with Crippen LogP contribution in [-0.2, 0) is 0 Å². The Hall–Kier alpha value is -0.0400. The summed E-state index contributed by atoms with van der Waals surface area (Å²) < 4.78 is 0. The summed E-state index contributed by atoms with van der Waals surface area (Å²) >= 11 is 0. The maximum Gasteiger partial charge on any atom is -0.000826 e. The van der Waals surface area contributed by atoms with E-state index in [1.807, 2.05) is 13.8 Å². The van der Waals surface area contributed by atoms with Gasteiger partial charge in [-0.15, -0.1) is 0 Å². The minimum atomic E-state index is 1.02. The molecule has 1 aliphatic heterocycles. The van der Waals surface area contributed by atoms with E-state index in [1.54, 1.807) is 0 Å². The van der Waals surface area contributed by atoms with E-state index in [0.717, 1.165) is 5.92 Å². The smallest absolute Gasteiger partial charge is 0.000826 e. The Kier molecular flexibility index (Phi) is 9.02. The van der Waals surface area contributed by atoms with Crippen molar-refractivity contribution in [3.8, 4) is 0 Å². The highest BCUT2D eigenvalue weighted by Gasteiger charge is 2.14. The lowest BCUT2D eigenvalue weighted by atomic mass is 9.96. The van der Waals surface area contributed by atoms with Gasteiger partial charge in [0.25, 0.3) is 0 Å². The monoisotopic (exact) mass is 171 g/mol. The molecule has 1 fully saturated rings. The molecule has 0 atom stereocenters. The summed E-state index contributed by atoms with van der Waals surface area (Å²) in [7, 11) is 0. The van der Waals surface area contributed by atoms with Crippen LogP contribution in [0.25, 0.3) is 0 Å². The molecule has 0 radical (unpaired) electrons. The standard InChI is InChI=1S/C9H19N.C2H6/c1-2-3-4-5-6-9-7-10-8-9;1-2/h9-10H,2-8H2,1H3;1-2H3. The number of hydrogen-bond donors (Lipinski definition) is 1. The lowest BCUT2D eigenvalue weighted by molar-refractivity contribution is 0.316. The van der Waals surface area contributed by atoms with Gasteiger partial charge < -0.3 is 5.32 Å². The van der Waals surface area contributed by atoms with Crippen molar-refractivity contribution < 1.29 is 0 Å². The number of unbranched alkanes of at least 4 members (excludes halogenated alkanes) is 3. The molecule has 74 valence electrons. The molecule has 1 saturated heterocycles. The fraction of sp³-hybridized carbons (Fsp3) is 1.00. The van der Waals surface area contributed by atoms with Crippen molar-refractivity contribution in [2.45, 2.75) is 52.9 Å². The van der Waals surface area contributed by atoms with Crippen LogP contribution in [0.1, 0.15) is 52.9 Å². The van der Waals surface area contributed by atoms with Crippen LogP contribution < -0.4 is 5.32 Å². The summed E-state index contributed by atoms with van der Waals surface area (Å²) in [5.41, 5.74) is 0. The zero-order valence-electron chi connectivity index (χ0n) is 9.03. The summed E-state index contributed by atoms with van der Waals surface area (Å²) in [6.45, 7) is 8.84. The molecule has 1 rings (SSSR count). The van der Waals surface area contributed by atoms with Crippen molar-refractivity contribution in [1.82, 2.24) is 5.32 Å². The Bertz CT molecular complexity index is 77.1. The number of nitrogens with one attached hydrogen (secondary N) is 1. The van der Waals surface area contributed by atoms with Gasteiger partial charge >= 0.3 is 0 Å². The SMILES string of the molecule is CC.CCCCCCC1CNC1.